The van der Waals surface area contributed by atoms with Crippen LogP contribution < -0.4 is 26.2 Å². The second-order valence-corrected chi connectivity index (χ2v) is 16.7. The van der Waals surface area contributed by atoms with Crippen molar-refractivity contribution in [1.29, 1.82) is 0 Å². The van der Waals surface area contributed by atoms with Gasteiger partial charge in [0.15, 0.2) is 5.82 Å². The van der Waals surface area contributed by atoms with Crippen molar-refractivity contribution in [3.63, 3.8) is 0 Å². The molecular weight excluding hydrogens is 830 g/mol. The number of thiophene rings is 1. The third-order valence-electron chi connectivity index (χ3n) is 10.7. The van der Waals surface area contributed by atoms with Crippen molar-refractivity contribution in [2.75, 3.05) is 50.2 Å². The minimum atomic E-state index is -0.650. The number of piperidine rings is 1. The molecule has 6 aromatic rings. The number of amides is 2. The fourth-order valence-electron chi connectivity index (χ4n) is 7.45. The van der Waals surface area contributed by atoms with E-state index in [-0.39, 0.29) is 23.8 Å². The van der Waals surface area contributed by atoms with Crippen LogP contribution in [0.2, 0.25) is 5.02 Å². The van der Waals surface area contributed by atoms with E-state index in [4.69, 9.17) is 30.8 Å². The van der Waals surface area contributed by atoms with Crippen LogP contribution in [-0.4, -0.2) is 81.7 Å². The molecule has 17 heteroatoms. The Kier molecular flexibility index (Phi) is 12.9. The molecule has 3 aromatic heterocycles. The Morgan fingerprint density at radius 2 is 1.69 bits per heavy atom. The van der Waals surface area contributed by atoms with E-state index >= 15 is 0 Å². The molecule has 320 valence electrons. The number of hydrogen-bond donors (Lipinski definition) is 3. The third kappa shape index (κ3) is 9.33. The average molecular weight is 876 g/mol. The summed E-state index contributed by atoms with van der Waals surface area (Å²) in [6.07, 6.45) is 2.76. The van der Waals surface area contributed by atoms with Gasteiger partial charge in [0.25, 0.3) is 5.56 Å². The van der Waals surface area contributed by atoms with Crippen LogP contribution >= 0.6 is 22.9 Å². The van der Waals surface area contributed by atoms with Crippen molar-refractivity contribution in [3.8, 4) is 10.8 Å². The number of nitrogens with zero attached hydrogens (tertiary/aromatic N) is 6. The van der Waals surface area contributed by atoms with Gasteiger partial charge in [-0.1, -0.05) is 30.3 Å². The molecule has 3 aromatic carbocycles. The molecule has 1 unspecified atom stereocenters. The molecule has 1 saturated heterocycles. The molecule has 3 N–H and O–H groups in total. The number of aromatic nitrogens is 5. The Morgan fingerprint density at radius 1 is 0.952 bits per heavy atom. The molecule has 8 rings (SSSR count). The molecule has 2 amide bonds. The number of hydrogen-bond acceptors (Lipinski definition) is 12. The summed E-state index contributed by atoms with van der Waals surface area (Å²) in [4.78, 5) is 45.4. The number of carbonyl (C=O) groups is 2. The summed E-state index contributed by atoms with van der Waals surface area (Å²) in [5.41, 5.74) is 5.64. The summed E-state index contributed by atoms with van der Waals surface area (Å²) in [6, 6.07) is 19.0. The number of aryl methyl sites for hydroxylation is 2. The summed E-state index contributed by atoms with van der Waals surface area (Å²) < 4.78 is 20.5. The van der Waals surface area contributed by atoms with Crippen LogP contribution in [-0.2, 0) is 19.1 Å². The lowest BCUT2D eigenvalue weighted by Crippen LogP contribution is -2.41. The Balaban J connectivity index is 0.756. The number of ether oxygens (including phenoxy) is 3. The molecule has 62 heavy (non-hydrogen) atoms. The Morgan fingerprint density at radius 3 is 2.47 bits per heavy atom. The van der Waals surface area contributed by atoms with E-state index in [1.54, 1.807) is 47.9 Å². The number of anilines is 2. The van der Waals surface area contributed by atoms with Gasteiger partial charge in [0, 0.05) is 50.0 Å². The number of carbonyl (C=O) groups excluding carboxylic acids is 2. The van der Waals surface area contributed by atoms with Crippen LogP contribution in [0.3, 0.4) is 0 Å². The Labute approximate surface area is 366 Å². The van der Waals surface area contributed by atoms with Crippen molar-refractivity contribution in [2.24, 2.45) is 4.99 Å². The first-order chi connectivity index (χ1) is 30.0. The monoisotopic (exact) mass is 875 g/mol. The van der Waals surface area contributed by atoms with Gasteiger partial charge < -0.3 is 30.2 Å². The van der Waals surface area contributed by atoms with Crippen LogP contribution in [0.15, 0.2) is 95.0 Å². The number of halogens is 1. The molecular formula is C45H46ClN9O6S. The summed E-state index contributed by atoms with van der Waals surface area (Å²) in [6.45, 7) is 12.5. The summed E-state index contributed by atoms with van der Waals surface area (Å²) in [5, 5.41) is 25.0. The van der Waals surface area contributed by atoms with Gasteiger partial charge in [-0.15, -0.1) is 21.5 Å². The van der Waals surface area contributed by atoms with Crippen molar-refractivity contribution >= 4 is 62.6 Å². The van der Waals surface area contributed by atoms with Gasteiger partial charge in [-0.05, 0) is 93.8 Å². The average Bonchev–Trinajstić information content (AvgIpc) is 3.74. The highest BCUT2D eigenvalue weighted by Crippen LogP contribution is 2.40. The quantitative estimate of drug-likeness (QED) is 0.0857. The summed E-state index contributed by atoms with van der Waals surface area (Å²) >= 11 is 7.90. The zero-order valence-corrected chi connectivity index (χ0v) is 36.1. The van der Waals surface area contributed by atoms with E-state index in [0.29, 0.717) is 91.2 Å². The predicted octanol–water partition coefficient (Wildman–Crippen LogP) is 7.03. The van der Waals surface area contributed by atoms with Crippen LogP contribution in [0.25, 0.3) is 15.8 Å². The number of aliphatic imine (C=N–C) groups is 1. The van der Waals surface area contributed by atoms with E-state index in [1.165, 1.54) is 9.56 Å². The predicted molar refractivity (Wildman–Crippen MR) is 240 cm³/mol. The van der Waals surface area contributed by atoms with Crippen molar-refractivity contribution in [2.45, 2.75) is 52.1 Å². The number of nitrogens with one attached hydrogen (secondary N) is 3. The number of rotatable bonds is 16. The Hall–Kier alpha value is -6.20. The number of benzene rings is 3. The lowest BCUT2D eigenvalue weighted by molar-refractivity contribution is -0.125. The molecule has 2 aliphatic rings. The normalized spacial score (nSPS) is 16.0. The Bertz CT molecular complexity index is 2730. The summed E-state index contributed by atoms with van der Waals surface area (Å²) in [5.74, 6) is 1.51. The van der Waals surface area contributed by atoms with E-state index in [1.807, 2.05) is 47.9 Å². The fraction of sp³-hybridized carbons (Fsp3) is 0.311. The smallest absolute Gasteiger partial charge is 0.275 e. The fourth-order valence-corrected chi connectivity index (χ4v) is 8.79. The molecule has 2 aliphatic heterocycles. The van der Waals surface area contributed by atoms with Crippen molar-refractivity contribution in [3.05, 3.63) is 134 Å². The van der Waals surface area contributed by atoms with E-state index in [2.05, 4.69) is 51.7 Å². The standard InChI is InChI=1S/C45H46ClN9O6S/c1-26-5-16-38(43(57)49-26)55-44(58)36-15-12-34(23-31(36)25-48-55)47-17-18-59-19-20-60-21-22-61-35-13-10-33(11-14-35)50-39(56)24-37-42-53-52-29(4)54(42)45-40(27(2)28(3)62-45)41(51-37)30-6-8-32(46)9-7-30/h6-15,23,25,37-38,47H,1,5,16-22,24H2,2-4H3,(H,49,57)(H,50,56)/t37-,38?/m0/s1. The first-order valence-electron chi connectivity index (χ1n) is 20.3. The van der Waals surface area contributed by atoms with Gasteiger partial charge in [0.1, 0.15) is 35.3 Å². The minimum absolute atomic E-state index is 0.0623. The van der Waals surface area contributed by atoms with Gasteiger partial charge in [0.05, 0.1) is 50.1 Å². The van der Waals surface area contributed by atoms with E-state index in [9.17, 15) is 14.4 Å². The maximum Gasteiger partial charge on any atom is 0.275 e. The van der Waals surface area contributed by atoms with Crippen molar-refractivity contribution < 1.29 is 23.8 Å². The minimum Gasteiger partial charge on any atom is -0.491 e. The summed E-state index contributed by atoms with van der Waals surface area (Å²) in [7, 11) is 0. The van der Waals surface area contributed by atoms with Gasteiger partial charge in [-0.25, -0.2) is 4.68 Å². The second kappa shape index (κ2) is 18.8. The largest absolute Gasteiger partial charge is 0.491 e. The zero-order chi connectivity index (χ0) is 43.3. The van der Waals surface area contributed by atoms with Gasteiger partial charge >= 0.3 is 0 Å². The van der Waals surface area contributed by atoms with Gasteiger partial charge in [0.2, 0.25) is 11.8 Å². The molecule has 0 aliphatic carbocycles. The first kappa shape index (κ1) is 42.5. The second-order valence-electron chi connectivity index (χ2n) is 15.0. The molecule has 5 heterocycles. The van der Waals surface area contributed by atoms with E-state index in [0.717, 1.165) is 38.9 Å². The van der Waals surface area contributed by atoms with Crippen molar-refractivity contribution in [1.82, 2.24) is 29.9 Å². The third-order valence-corrected chi connectivity index (χ3v) is 12.2. The molecule has 2 atom stereocenters. The van der Waals surface area contributed by atoms with Crippen LogP contribution in [0.4, 0.5) is 11.4 Å². The molecule has 0 radical (unpaired) electrons. The lowest BCUT2D eigenvalue weighted by Gasteiger charge is -2.24. The molecule has 1 fully saturated rings. The van der Waals surface area contributed by atoms with Crippen LogP contribution in [0.5, 0.6) is 5.75 Å². The van der Waals surface area contributed by atoms with Gasteiger partial charge in [-0.2, -0.15) is 5.10 Å². The van der Waals surface area contributed by atoms with Crippen LogP contribution in [0.1, 0.15) is 64.6 Å². The van der Waals surface area contributed by atoms with E-state index < -0.39 is 12.1 Å². The highest BCUT2D eigenvalue weighted by molar-refractivity contribution is 7.15. The zero-order valence-electron chi connectivity index (χ0n) is 34.6. The van der Waals surface area contributed by atoms with Crippen LogP contribution in [0, 0.1) is 20.8 Å². The molecule has 0 saturated carbocycles. The SMILES string of the molecule is C=C1CCC(n2ncc3cc(NCCOCCOCCOc4ccc(NC(=O)C[C@@H]5N=C(c6ccc(Cl)cc6)c6c(sc(C)c6C)-n6c(C)nnc65)cc4)ccc3c2=O)C(=O)N1. The maximum absolute atomic E-state index is 13.5. The molecule has 15 nitrogen and oxygen atoms in total. The highest BCUT2D eigenvalue weighted by Gasteiger charge is 2.33. The lowest BCUT2D eigenvalue weighted by atomic mass is 9.99. The molecule has 0 spiro atoms. The maximum atomic E-state index is 13.5. The first-order valence-corrected chi connectivity index (χ1v) is 21.5. The topological polar surface area (TPSA) is 176 Å². The number of allylic oxidation sites excluding steroid dienone is 1. The van der Waals surface area contributed by atoms with Gasteiger partial charge in [-0.3, -0.25) is 23.9 Å². The highest BCUT2D eigenvalue weighted by atomic mass is 35.5. The molecule has 0 bridgehead atoms. The number of fused-ring (bicyclic) bond motifs is 4.